The number of hydrogen-bond acceptors (Lipinski definition) is 2. The highest BCUT2D eigenvalue weighted by Crippen LogP contribution is 2.33. The topological polar surface area (TPSA) is 15.3 Å². The Morgan fingerprint density at radius 2 is 1.84 bits per heavy atom. The van der Waals surface area contributed by atoms with Crippen molar-refractivity contribution in [2.45, 2.75) is 58.0 Å². The molecule has 0 amide bonds. The first-order valence-corrected chi connectivity index (χ1v) is 7.51. The quantitative estimate of drug-likeness (QED) is 0.890. The number of piperidine rings is 1. The second kappa shape index (κ2) is 5.54. The van der Waals surface area contributed by atoms with Crippen molar-refractivity contribution in [3.63, 3.8) is 0 Å². The van der Waals surface area contributed by atoms with Crippen molar-refractivity contribution < 1.29 is 0 Å². The van der Waals surface area contributed by atoms with Gasteiger partial charge in [-0.15, -0.1) is 0 Å². The number of hydrogen-bond donors (Lipinski definition) is 1. The summed E-state index contributed by atoms with van der Waals surface area (Å²) in [6.07, 6.45) is 2.53. The lowest BCUT2D eigenvalue weighted by atomic mass is 9.84. The van der Waals surface area contributed by atoms with Crippen molar-refractivity contribution in [2.24, 2.45) is 0 Å². The van der Waals surface area contributed by atoms with Gasteiger partial charge in [0.25, 0.3) is 0 Å². The normalized spacial score (nSPS) is 22.8. The van der Waals surface area contributed by atoms with Gasteiger partial charge in [0.15, 0.2) is 0 Å². The number of rotatable bonds is 3. The minimum atomic E-state index is 0.173. The van der Waals surface area contributed by atoms with Crippen LogP contribution in [0, 0.1) is 0 Å². The van der Waals surface area contributed by atoms with Crippen molar-refractivity contribution in [3.05, 3.63) is 29.8 Å². The first-order chi connectivity index (χ1) is 8.96. The summed E-state index contributed by atoms with van der Waals surface area (Å²) in [5.74, 6) is 0.605. The van der Waals surface area contributed by atoms with Crippen LogP contribution in [-0.4, -0.2) is 25.2 Å². The molecule has 0 bridgehead atoms. The van der Waals surface area contributed by atoms with Gasteiger partial charge in [0.1, 0.15) is 0 Å². The molecule has 2 rings (SSSR count). The fourth-order valence-electron chi connectivity index (χ4n) is 3.28. The van der Waals surface area contributed by atoms with Gasteiger partial charge in [0, 0.05) is 23.8 Å². The number of anilines is 1. The van der Waals surface area contributed by atoms with E-state index >= 15 is 0 Å². The first kappa shape index (κ1) is 14.4. The highest BCUT2D eigenvalue weighted by Gasteiger charge is 2.37. The maximum Gasteiger partial charge on any atom is 0.0498 e. The van der Waals surface area contributed by atoms with Crippen LogP contribution in [0.4, 0.5) is 5.69 Å². The molecule has 0 spiro atoms. The van der Waals surface area contributed by atoms with Crippen LogP contribution in [0.1, 0.15) is 52.0 Å². The molecule has 2 nitrogen and oxygen atoms in total. The summed E-state index contributed by atoms with van der Waals surface area (Å²) in [5, 5.41) is 3.48. The molecule has 1 unspecified atom stereocenters. The molecular formula is C17H28N2. The first-order valence-electron chi connectivity index (χ1n) is 7.51. The van der Waals surface area contributed by atoms with Crippen molar-refractivity contribution in [1.29, 1.82) is 0 Å². The van der Waals surface area contributed by atoms with Crippen molar-refractivity contribution in [2.75, 3.05) is 18.5 Å². The Morgan fingerprint density at radius 3 is 2.37 bits per heavy atom. The number of likely N-dealkylation sites (N-methyl/N-ethyl adjacent to an activating group) is 1. The van der Waals surface area contributed by atoms with E-state index < -0.39 is 0 Å². The predicted octanol–water partition coefficient (Wildman–Crippen LogP) is 3.78. The van der Waals surface area contributed by atoms with Crippen LogP contribution < -0.4 is 10.2 Å². The summed E-state index contributed by atoms with van der Waals surface area (Å²) in [6, 6.07) is 9.69. The molecule has 1 fully saturated rings. The van der Waals surface area contributed by atoms with Gasteiger partial charge in [-0.3, -0.25) is 0 Å². The lowest BCUT2D eigenvalue weighted by molar-refractivity contribution is 0.275. The summed E-state index contributed by atoms with van der Waals surface area (Å²) < 4.78 is 0. The SMILES string of the molecule is CNC1CCCN(c2ccc(C(C)C)cc2)C1(C)C. The second-order valence-electron chi connectivity index (χ2n) is 6.54. The average Bonchev–Trinajstić information content (AvgIpc) is 2.38. The molecule has 1 aromatic rings. The van der Waals surface area contributed by atoms with E-state index in [0.29, 0.717) is 12.0 Å². The lowest BCUT2D eigenvalue weighted by Crippen LogP contribution is -2.60. The highest BCUT2D eigenvalue weighted by molar-refractivity contribution is 5.51. The van der Waals surface area contributed by atoms with Crippen molar-refractivity contribution >= 4 is 5.69 Å². The fraction of sp³-hybridized carbons (Fsp3) is 0.647. The van der Waals surface area contributed by atoms with Gasteiger partial charge in [-0.05, 0) is 57.4 Å². The Bertz CT molecular complexity index is 406. The molecule has 1 atom stereocenters. The van der Waals surface area contributed by atoms with Crippen LogP contribution in [0.3, 0.4) is 0 Å². The maximum atomic E-state index is 3.48. The van der Waals surface area contributed by atoms with Gasteiger partial charge in [-0.25, -0.2) is 0 Å². The summed E-state index contributed by atoms with van der Waals surface area (Å²) in [4.78, 5) is 2.56. The van der Waals surface area contributed by atoms with E-state index in [1.165, 1.54) is 24.1 Å². The number of nitrogens with zero attached hydrogens (tertiary/aromatic N) is 1. The van der Waals surface area contributed by atoms with Crippen molar-refractivity contribution in [1.82, 2.24) is 5.32 Å². The minimum absolute atomic E-state index is 0.173. The molecule has 19 heavy (non-hydrogen) atoms. The van der Waals surface area contributed by atoms with E-state index in [4.69, 9.17) is 0 Å². The Kier molecular flexibility index (Phi) is 4.19. The fourth-order valence-corrected chi connectivity index (χ4v) is 3.28. The summed E-state index contributed by atoms with van der Waals surface area (Å²) in [5.41, 5.74) is 2.95. The molecule has 1 aromatic carbocycles. The Morgan fingerprint density at radius 1 is 1.21 bits per heavy atom. The molecule has 1 heterocycles. The molecule has 0 aliphatic carbocycles. The third kappa shape index (κ3) is 2.79. The van der Waals surface area contributed by atoms with Crippen LogP contribution in [0.2, 0.25) is 0 Å². The van der Waals surface area contributed by atoms with Crippen LogP contribution in [0.5, 0.6) is 0 Å². The molecule has 1 aliphatic rings. The molecular weight excluding hydrogens is 232 g/mol. The summed E-state index contributed by atoms with van der Waals surface area (Å²) in [7, 11) is 2.08. The molecule has 106 valence electrons. The largest absolute Gasteiger partial charge is 0.365 e. The molecule has 1 saturated heterocycles. The zero-order chi connectivity index (χ0) is 14.0. The molecule has 1 aliphatic heterocycles. The third-order valence-electron chi connectivity index (χ3n) is 4.64. The van der Waals surface area contributed by atoms with Crippen LogP contribution in [0.25, 0.3) is 0 Å². The van der Waals surface area contributed by atoms with Crippen molar-refractivity contribution in [3.8, 4) is 0 Å². The van der Waals surface area contributed by atoms with Crippen LogP contribution in [0.15, 0.2) is 24.3 Å². The van der Waals surface area contributed by atoms with Gasteiger partial charge >= 0.3 is 0 Å². The van der Waals surface area contributed by atoms with Gasteiger partial charge < -0.3 is 10.2 Å². The molecule has 0 aromatic heterocycles. The minimum Gasteiger partial charge on any atom is -0.365 e. The second-order valence-corrected chi connectivity index (χ2v) is 6.54. The van der Waals surface area contributed by atoms with Gasteiger partial charge in [-0.2, -0.15) is 0 Å². The zero-order valence-corrected chi connectivity index (χ0v) is 13.0. The van der Waals surface area contributed by atoms with E-state index in [-0.39, 0.29) is 5.54 Å². The smallest absolute Gasteiger partial charge is 0.0498 e. The predicted molar refractivity (Wildman–Crippen MR) is 84.0 cm³/mol. The number of nitrogens with one attached hydrogen (secondary N) is 1. The molecule has 2 heteroatoms. The van der Waals surface area contributed by atoms with Gasteiger partial charge in [0.2, 0.25) is 0 Å². The Balaban J connectivity index is 2.24. The maximum absolute atomic E-state index is 3.48. The lowest BCUT2D eigenvalue weighted by Gasteiger charge is -2.49. The third-order valence-corrected chi connectivity index (χ3v) is 4.64. The van der Waals surface area contributed by atoms with E-state index in [1.807, 2.05) is 0 Å². The Labute approximate surface area is 118 Å². The summed E-state index contributed by atoms with van der Waals surface area (Å²) >= 11 is 0. The molecule has 1 N–H and O–H groups in total. The van der Waals surface area contributed by atoms with Crippen LogP contribution >= 0.6 is 0 Å². The van der Waals surface area contributed by atoms with E-state index in [9.17, 15) is 0 Å². The average molecular weight is 260 g/mol. The van der Waals surface area contributed by atoms with E-state index in [2.05, 4.69) is 69.2 Å². The monoisotopic (exact) mass is 260 g/mol. The van der Waals surface area contributed by atoms with E-state index in [1.54, 1.807) is 0 Å². The number of benzene rings is 1. The summed E-state index contributed by atoms with van der Waals surface area (Å²) in [6.45, 7) is 10.4. The standard InChI is InChI=1S/C17H28N2/c1-13(2)14-8-10-15(11-9-14)19-12-6-7-16(18-5)17(19,3)4/h8-11,13,16,18H,6-7,12H2,1-5H3. The van der Waals surface area contributed by atoms with Crippen LogP contribution in [-0.2, 0) is 0 Å². The van der Waals surface area contributed by atoms with E-state index in [0.717, 1.165) is 6.54 Å². The molecule has 0 radical (unpaired) electrons. The Hall–Kier alpha value is -1.02. The van der Waals surface area contributed by atoms with Gasteiger partial charge in [-0.1, -0.05) is 26.0 Å². The van der Waals surface area contributed by atoms with Gasteiger partial charge in [0.05, 0.1) is 0 Å². The highest BCUT2D eigenvalue weighted by atomic mass is 15.2. The zero-order valence-electron chi connectivity index (χ0n) is 13.0. The molecule has 0 saturated carbocycles.